The molecule has 0 saturated carbocycles. The average Bonchev–Trinajstić information content (AvgIpc) is 3.03. The maximum atomic E-state index is 13.0. The fraction of sp³-hybridized carbons (Fsp3) is 0.429. The molecule has 1 unspecified atom stereocenters. The van der Waals surface area contributed by atoms with E-state index in [1.165, 1.54) is 23.1 Å². The van der Waals surface area contributed by atoms with Crippen molar-refractivity contribution in [2.24, 2.45) is 5.92 Å². The lowest BCUT2D eigenvalue weighted by molar-refractivity contribution is -0.146. The summed E-state index contributed by atoms with van der Waals surface area (Å²) in [5.74, 6) is -4.21. The molecular formula is C21H21N3O8. The number of ether oxygens (including phenoxy) is 1. The molecule has 0 radical (unpaired) electrons. The zero-order valence-corrected chi connectivity index (χ0v) is 17.0. The van der Waals surface area contributed by atoms with Gasteiger partial charge in [-0.3, -0.25) is 39.0 Å². The molecule has 11 nitrogen and oxygen atoms in total. The highest BCUT2D eigenvalue weighted by Gasteiger charge is 2.46. The van der Waals surface area contributed by atoms with Crippen molar-refractivity contribution in [1.82, 2.24) is 15.1 Å². The number of carboxylic acids is 1. The molecule has 5 amide bonds. The van der Waals surface area contributed by atoms with Gasteiger partial charge in [0.2, 0.25) is 11.8 Å². The molecule has 1 aromatic carbocycles. The molecule has 3 heterocycles. The molecule has 3 aliphatic rings. The topological polar surface area (TPSA) is 150 Å². The number of benzene rings is 1. The summed E-state index contributed by atoms with van der Waals surface area (Å²) < 4.78 is 5.57. The summed E-state index contributed by atoms with van der Waals surface area (Å²) >= 11 is 0. The monoisotopic (exact) mass is 443 g/mol. The van der Waals surface area contributed by atoms with Crippen LogP contribution in [0.3, 0.4) is 0 Å². The highest BCUT2D eigenvalue weighted by atomic mass is 16.5. The van der Waals surface area contributed by atoms with E-state index in [2.05, 4.69) is 5.32 Å². The van der Waals surface area contributed by atoms with Gasteiger partial charge in [-0.15, -0.1) is 0 Å². The van der Waals surface area contributed by atoms with E-state index in [0.717, 1.165) is 4.90 Å². The molecular weight excluding hydrogens is 422 g/mol. The van der Waals surface area contributed by atoms with E-state index >= 15 is 0 Å². The van der Waals surface area contributed by atoms with E-state index in [1.54, 1.807) is 0 Å². The number of nitrogens with one attached hydrogen (secondary N) is 1. The van der Waals surface area contributed by atoms with Crippen molar-refractivity contribution in [3.8, 4) is 5.75 Å². The Morgan fingerprint density at radius 1 is 1.06 bits per heavy atom. The second-order valence-electron chi connectivity index (χ2n) is 7.91. The minimum Gasteiger partial charge on any atom is -0.483 e. The lowest BCUT2D eigenvalue weighted by Gasteiger charge is -2.30. The molecule has 4 rings (SSSR count). The van der Waals surface area contributed by atoms with Crippen molar-refractivity contribution in [3.63, 3.8) is 0 Å². The quantitative estimate of drug-likeness (QED) is 0.594. The molecule has 0 bridgehead atoms. The van der Waals surface area contributed by atoms with Gasteiger partial charge in [0, 0.05) is 19.5 Å². The molecule has 2 saturated heterocycles. The van der Waals surface area contributed by atoms with E-state index in [0.29, 0.717) is 25.9 Å². The number of fused-ring (bicyclic) bond motifs is 1. The Labute approximate surface area is 182 Å². The normalized spacial score (nSPS) is 21.4. The minimum absolute atomic E-state index is 0.0141. The molecule has 0 aliphatic carbocycles. The van der Waals surface area contributed by atoms with Crippen LogP contribution in [0.15, 0.2) is 18.2 Å². The van der Waals surface area contributed by atoms with Gasteiger partial charge in [0.25, 0.3) is 17.7 Å². The summed E-state index contributed by atoms with van der Waals surface area (Å²) in [6, 6.07) is 3.32. The van der Waals surface area contributed by atoms with E-state index in [-0.39, 0.29) is 42.2 Å². The molecule has 0 spiro atoms. The highest BCUT2D eigenvalue weighted by molar-refractivity contribution is 6.24. The number of aliphatic carboxylic acids is 1. The first-order chi connectivity index (χ1) is 15.3. The molecule has 2 fully saturated rings. The van der Waals surface area contributed by atoms with E-state index in [1.807, 2.05) is 0 Å². The van der Waals surface area contributed by atoms with Crippen molar-refractivity contribution in [1.29, 1.82) is 0 Å². The lowest BCUT2D eigenvalue weighted by Crippen LogP contribution is -2.54. The van der Waals surface area contributed by atoms with Crippen LogP contribution in [-0.4, -0.2) is 76.1 Å². The first-order valence-corrected chi connectivity index (χ1v) is 10.3. The number of carbonyl (C=O) groups is 6. The molecule has 2 N–H and O–H groups in total. The van der Waals surface area contributed by atoms with E-state index < -0.39 is 41.6 Å². The van der Waals surface area contributed by atoms with Crippen molar-refractivity contribution < 1.29 is 38.6 Å². The van der Waals surface area contributed by atoms with Crippen LogP contribution in [0.5, 0.6) is 5.75 Å². The summed E-state index contributed by atoms with van der Waals surface area (Å²) in [6.45, 7) is 0.216. The van der Waals surface area contributed by atoms with E-state index in [9.17, 15) is 28.8 Å². The van der Waals surface area contributed by atoms with Crippen molar-refractivity contribution >= 4 is 35.5 Å². The van der Waals surface area contributed by atoms with Crippen LogP contribution in [0.1, 0.15) is 46.4 Å². The van der Waals surface area contributed by atoms with Crippen molar-refractivity contribution in [2.75, 3.05) is 19.7 Å². The zero-order chi connectivity index (χ0) is 23.0. The zero-order valence-electron chi connectivity index (χ0n) is 17.0. The Balaban J connectivity index is 1.45. The number of rotatable bonds is 5. The Bertz CT molecular complexity index is 1030. The Hall–Kier alpha value is -3.76. The number of carboxylic acid groups (broad SMARTS) is 1. The first-order valence-electron chi connectivity index (χ1n) is 10.3. The summed E-state index contributed by atoms with van der Waals surface area (Å²) in [5.41, 5.74) is 0.0338. The number of hydrogen-bond acceptors (Lipinski definition) is 7. The molecule has 32 heavy (non-hydrogen) atoms. The van der Waals surface area contributed by atoms with Gasteiger partial charge in [0.15, 0.2) is 6.61 Å². The molecule has 168 valence electrons. The standard InChI is InChI=1S/C21H21N3O8/c25-15-5-4-13(18(27)22-15)24-19(28)12-2-1-3-14(17(12)20(24)29)32-10-16(26)23-8-6-11(7-9-23)21(30)31/h1-3,11,13H,4-10H2,(H,30,31)(H,22,25,27). The van der Waals surface area contributed by atoms with E-state index in [4.69, 9.17) is 9.84 Å². The second-order valence-corrected chi connectivity index (χ2v) is 7.91. The maximum absolute atomic E-state index is 13.0. The SMILES string of the molecule is O=C1CCC(N2C(=O)c3cccc(OCC(=O)N4CCC(C(=O)O)CC4)c3C2=O)C(=O)N1. The smallest absolute Gasteiger partial charge is 0.306 e. The molecule has 3 aliphatic heterocycles. The Morgan fingerprint density at radius 2 is 1.78 bits per heavy atom. The van der Waals surface area contributed by atoms with Gasteiger partial charge in [-0.2, -0.15) is 0 Å². The number of piperidine rings is 2. The van der Waals surface area contributed by atoms with Crippen LogP contribution in [0.25, 0.3) is 0 Å². The Kier molecular flexibility index (Phi) is 5.64. The third-order valence-corrected chi connectivity index (χ3v) is 5.98. The minimum atomic E-state index is -1.09. The van der Waals surface area contributed by atoms with Crippen molar-refractivity contribution in [3.05, 3.63) is 29.3 Å². The number of likely N-dealkylation sites (tertiary alicyclic amines) is 1. The summed E-state index contributed by atoms with van der Waals surface area (Å²) in [6.07, 6.45) is 0.767. The predicted molar refractivity (Wildman–Crippen MR) is 106 cm³/mol. The third-order valence-electron chi connectivity index (χ3n) is 5.98. The van der Waals surface area contributed by atoms with Crippen LogP contribution in [0.4, 0.5) is 0 Å². The number of imide groups is 2. The summed E-state index contributed by atoms with van der Waals surface area (Å²) in [5, 5.41) is 11.2. The van der Waals surface area contributed by atoms with Crippen LogP contribution >= 0.6 is 0 Å². The van der Waals surface area contributed by atoms with Crippen LogP contribution in [0, 0.1) is 5.92 Å². The van der Waals surface area contributed by atoms with Crippen LogP contribution < -0.4 is 10.1 Å². The highest BCUT2D eigenvalue weighted by Crippen LogP contribution is 2.33. The Morgan fingerprint density at radius 3 is 2.44 bits per heavy atom. The lowest BCUT2D eigenvalue weighted by atomic mass is 9.97. The number of carbonyl (C=O) groups excluding carboxylic acids is 5. The first kappa shape index (κ1) is 21.5. The third kappa shape index (κ3) is 3.81. The predicted octanol–water partition coefficient (Wildman–Crippen LogP) is -0.210. The number of nitrogens with zero attached hydrogens (tertiary/aromatic N) is 2. The average molecular weight is 443 g/mol. The van der Waals surface area contributed by atoms with Gasteiger partial charge < -0.3 is 14.7 Å². The van der Waals surface area contributed by atoms with Gasteiger partial charge in [-0.05, 0) is 31.4 Å². The van der Waals surface area contributed by atoms with Gasteiger partial charge in [0.1, 0.15) is 11.8 Å². The number of hydrogen-bond donors (Lipinski definition) is 2. The molecule has 0 aromatic heterocycles. The van der Waals surface area contributed by atoms with Crippen LogP contribution in [0.2, 0.25) is 0 Å². The van der Waals surface area contributed by atoms with Gasteiger partial charge in [0.05, 0.1) is 17.0 Å². The molecule has 11 heteroatoms. The molecule has 1 atom stereocenters. The summed E-state index contributed by atoms with van der Waals surface area (Å²) in [4.78, 5) is 75.3. The van der Waals surface area contributed by atoms with Gasteiger partial charge in [-0.25, -0.2) is 0 Å². The summed E-state index contributed by atoms with van der Waals surface area (Å²) in [7, 11) is 0. The largest absolute Gasteiger partial charge is 0.483 e. The molecule has 1 aromatic rings. The van der Waals surface area contributed by atoms with Crippen molar-refractivity contribution in [2.45, 2.75) is 31.7 Å². The number of amides is 5. The fourth-order valence-electron chi connectivity index (χ4n) is 4.21. The fourth-order valence-corrected chi connectivity index (χ4v) is 4.21. The second kappa shape index (κ2) is 8.40. The van der Waals surface area contributed by atoms with Crippen LogP contribution in [-0.2, 0) is 19.2 Å². The van der Waals surface area contributed by atoms with Gasteiger partial charge >= 0.3 is 5.97 Å². The van der Waals surface area contributed by atoms with Gasteiger partial charge in [-0.1, -0.05) is 6.07 Å². The maximum Gasteiger partial charge on any atom is 0.306 e.